The molecule has 1 aromatic rings. The second-order valence-electron chi connectivity index (χ2n) is 4.42. The molecule has 1 fully saturated rings. The Morgan fingerprint density at radius 1 is 1.59 bits per heavy atom. The van der Waals surface area contributed by atoms with Crippen molar-refractivity contribution in [1.82, 2.24) is 10.6 Å². The van der Waals surface area contributed by atoms with Crippen molar-refractivity contribution in [2.24, 2.45) is 0 Å². The number of carboxylic acid groups (broad SMARTS) is 1. The van der Waals surface area contributed by atoms with E-state index in [1.54, 1.807) is 7.05 Å². The monoisotopic (exact) mass is 234 g/mol. The number of carbonyl (C=O) groups is 1. The fraction of sp³-hybridized carbons (Fsp3) is 0.462. The zero-order chi connectivity index (χ0) is 12.3. The maximum Gasteiger partial charge on any atom is 0.325 e. The zero-order valence-corrected chi connectivity index (χ0v) is 9.94. The van der Waals surface area contributed by atoms with Gasteiger partial charge in [0.15, 0.2) is 0 Å². The summed E-state index contributed by atoms with van der Waals surface area (Å²) in [5.41, 5.74) is 2.05. The third-order valence-corrected chi connectivity index (χ3v) is 3.31. The number of aliphatic carboxylic acids is 1. The molecule has 92 valence electrons. The van der Waals surface area contributed by atoms with Gasteiger partial charge in [-0.25, -0.2) is 0 Å². The van der Waals surface area contributed by atoms with Crippen LogP contribution in [0.15, 0.2) is 24.3 Å². The average molecular weight is 234 g/mol. The van der Waals surface area contributed by atoms with Crippen LogP contribution in [0.2, 0.25) is 0 Å². The number of hydrogen-bond donors (Lipinski definition) is 3. The summed E-state index contributed by atoms with van der Waals surface area (Å²) in [6, 6.07) is 7.27. The molecule has 2 rings (SSSR count). The van der Waals surface area contributed by atoms with Crippen molar-refractivity contribution in [2.45, 2.75) is 18.4 Å². The molecule has 2 atom stereocenters. The molecule has 3 N–H and O–H groups in total. The number of rotatable bonds is 4. The number of likely N-dealkylation sites (N-methyl/N-ethyl adjacent to an activating group) is 1. The predicted molar refractivity (Wildman–Crippen MR) is 66.1 cm³/mol. The highest BCUT2D eigenvalue weighted by molar-refractivity contribution is 5.75. The van der Waals surface area contributed by atoms with Gasteiger partial charge in [-0.2, -0.15) is 0 Å². The summed E-state index contributed by atoms with van der Waals surface area (Å²) in [5.74, 6) is -0.324. The normalized spacial score (nSPS) is 21.4. The average Bonchev–Trinajstić information content (AvgIpc) is 2.83. The van der Waals surface area contributed by atoms with Crippen LogP contribution in [0.1, 0.15) is 29.5 Å². The molecule has 1 aliphatic rings. The summed E-state index contributed by atoms with van der Waals surface area (Å²) in [7, 11) is 1.67. The second-order valence-corrected chi connectivity index (χ2v) is 4.42. The number of nitrogens with one attached hydrogen (secondary N) is 2. The van der Waals surface area contributed by atoms with Crippen LogP contribution >= 0.6 is 0 Å². The van der Waals surface area contributed by atoms with Gasteiger partial charge in [0.1, 0.15) is 6.04 Å². The highest BCUT2D eigenvalue weighted by Gasteiger charge is 2.20. The van der Waals surface area contributed by atoms with Gasteiger partial charge in [-0.3, -0.25) is 4.79 Å². The fourth-order valence-electron chi connectivity index (χ4n) is 2.36. The summed E-state index contributed by atoms with van der Waals surface area (Å²) in [6.45, 7) is 2.03. The van der Waals surface area contributed by atoms with Gasteiger partial charge in [0.05, 0.1) is 0 Å². The van der Waals surface area contributed by atoms with Gasteiger partial charge in [0.25, 0.3) is 0 Å². The van der Waals surface area contributed by atoms with Gasteiger partial charge in [0.2, 0.25) is 0 Å². The minimum atomic E-state index is -0.839. The third kappa shape index (κ3) is 2.65. The minimum absolute atomic E-state index is 0.515. The van der Waals surface area contributed by atoms with Gasteiger partial charge in [0, 0.05) is 6.54 Å². The van der Waals surface area contributed by atoms with Crippen molar-refractivity contribution in [3.05, 3.63) is 35.4 Å². The van der Waals surface area contributed by atoms with Crippen LogP contribution in [-0.4, -0.2) is 31.2 Å². The first-order chi connectivity index (χ1) is 8.22. The maximum absolute atomic E-state index is 11.1. The molecular formula is C13H18N2O2. The van der Waals surface area contributed by atoms with Crippen LogP contribution < -0.4 is 10.6 Å². The first kappa shape index (κ1) is 12.1. The molecule has 0 radical (unpaired) electrons. The van der Waals surface area contributed by atoms with Crippen LogP contribution in [0.3, 0.4) is 0 Å². The van der Waals surface area contributed by atoms with Crippen molar-refractivity contribution in [1.29, 1.82) is 0 Å². The van der Waals surface area contributed by atoms with E-state index in [-0.39, 0.29) is 0 Å². The Hall–Kier alpha value is -1.39. The summed E-state index contributed by atoms with van der Waals surface area (Å²) in [4.78, 5) is 11.1. The van der Waals surface area contributed by atoms with Crippen molar-refractivity contribution in [2.75, 3.05) is 20.1 Å². The lowest BCUT2D eigenvalue weighted by atomic mass is 9.94. The lowest BCUT2D eigenvalue weighted by molar-refractivity contribution is -0.139. The van der Waals surface area contributed by atoms with E-state index in [9.17, 15) is 4.79 Å². The van der Waals surface area contributed by atoms with E-state index >= 15 is 0 Å². The van der Waals surface area contributed by atoms with E-state index in [4.69, 9.17) is 5.11 Å². The van der Waals surface area contributed by atoms with E-state index in [1.165, 1.54) is 5.56 Å². The molecule has 0 saturated carbocycles. The molecule has 2 unspecified atom stereocenters. The molecule has 0 aromatic heterocycles. The molecule has 0 amide bonds. The molecule has 4 nitrogen and oxygen atoms in total. The summed E-state index contributed by atoms with van der Waals surface area (Å²) < 4.78 is 0. The molecule has 0 aliphatic carbocycles. The number of carboxylic acids is 1. The quantitative estimate of drug-likeness (QED) is 0.730. The Labute approximate surface area is 101 Å². The smallest absolute Gasteiger partial charge is 0.325 e. The van der Waals surface area contributed by atoms with E-state index in [0.29, 0.717) is 5.92 Å². The summed E-state index contributed by atoms with van der Waals surface area (Å²) in [5, 5.41) is 15.3. The first-order valence-electron chi connectivity index (χ1n) is 5.93. The fourth-order valence-corrected chi connectivity index (χ4v) is 2.36. The Balaban J connectivity index is 2.23. The van der Waals surface area contributed by atoms with Gasteiger partial charge < -0.3 is 15.7 Å². The van der Waals surface area contributed by atoms with E-state index < -0.39 is 12.0 Å². The van der Waals surface area contributed by atoms with Crippen LogP contribution in [0.5, 0.6) is 0 Å². The Morgan fingerprint density at radius 3 is 3.00 bits per heavy atom. The van der Waals surface area contributed by atoms with Crippen LogP contribution in [0, 0.1) is 0 Å². The van der Waals surface area contributed by atoms with Gasteiger partial charge in [-0.05, 0) is 37.1 Å². The van der Waals surface area contributed by atoms with Crippen LogP contribution in [0.4, 0.5) is 0 Å². The highest BCUT2D eigenvalue weighted by atomic mass is 16.4. The standard InChI is InChI=1S/C13H18N2O2/c1-14-12(13(16)17)10-4-2-3-9(7-10)11-5-6-15-8-11/h2-4,7,11-12,14-15H,5-6,8H2,1H3,(H,16,17). The minimum Gasteiger partial charge on any atom is -0.480 e. The van der Waals surface area contributed by atoms with Crippen molar-refractivity contribution in [3.8, 4) is 0 Å². The van der Waals surface area contributed by atoms with Gasteiger partial charge >= 0.3 is 5.97 Å². The van der Waals surface area contributed by atoms with Crippen LogP contribution in [0.25, 0.3) is 0 Å². The molecule has 1 heterocycles. The predicted octanol–water partition coefficient (Wildman–Crippen LogP) is 1.11. The Kier molecular flexibility index (Phi) is 3.76. The molecule has 1 saturated heterocycles. The lowest BCUT2D eigenvalue weighted by Crippen LogP contribution is -2.25. The van der Waals surface area contributed by atoms with Crippen LogP contribution in [-0.2, 0) is 4.79 Å². The number of benzene rings is 1. The largest absolute Gasteiger partial charge is 0.480 e. The van der Waals surface area contributed by atoms with E-state index in [0.717, 1.165) is 25.1 Å². The zero-order valence-electron chi connectivity index (χ0n) is 9.94. The molecule has 0 spiro atoms. The van der Waals surface area contributed by atoms with Gasteiger partial charge in [-0.1, -0.05) is 24.3 Å². The molecule has 0 bridgehead atoms. The highest BCUT2D eigenvalue weighted by Crippen LogP contribution is 2.25. The molecule has 17 heavy (non-hydrogen) atoms. The molecule has 1 aliphatic heterocycles. The Morgan fingerprint density at radius 2 is 2.41 bits per heavy atom. The lowest BCUT2D eigenvalue weighted by Gasteiger charge is -2.15. The third-order valence-electron chi connectivity index (χ3n) is 3.31. The molecule has 1 aromatic carbocycles. The van der Waals surface area contributed by atoms with Crippen molar-refractivity contribution >= 4 is 5.97 Å². The molecule has 4 heteroatoms. The molecular weight excluding hydrogens is 216 g/mol. The maximum atomic E-state index is 11.1. The SMILES string of the molecule is CNC(C(=O)O)c1cccc(C2CCNC2)c1. The van der Waals surface area contributed by atoms with Gasteiger partial charge in [-0.15, -0.1) is 0 Å². The second kappa shape index (κ2) is 5.29. The first-order valence-corrected chi connectivity index (χ1v) is 5.93. The number of hydrogen-bond acceptors (Lipinski definition) is 3. The summed E-state index contributed by atoms with van der Waals surface area (Å²) in [6.07, 6.45) is 1.13. The van der Waals surface area contributed by atoms with E-state index in [1.807, 2.05) is 18.2 Å². The van der Waals surface area contributed by atoms with Crippen molar-refractivity contribution in [3.63, 3.8) is 0 Å². The van der Waals surface area contributed by atoms with Crippen molar-refractivity contribution < 1.29 is 9.90 Å². The Bertz CT molecular complexity index is 400. The summed E-state index contributed by atoms with van der Waals surface area (Å²) >= 11 is 0. The van der Waals surface area contributed by atoms with E-state index in [2.05, 4.69) is 16.7 Å². The topological polar surface area (TPSA) is 61.4 Å².